The quantitative estimate of drug-likeness (QED) is 0.315. The molecule has 45 heavy (non-hydrogen) atoms. The van der Waals surface area contributed by atoms with Gasteiger partial charge in [0, 0.05) is 24.6 Å². The summed E-state index contributed by atoms with van der Waals surface area (Å²) >= 11 is 0. The van der Waals surface area contributed by atoms with Gasteiger partial charge in [-0.15, -0.1) is 0 Å². The largest absolute Gasteiger partial charge is 0.465 e. The number of amides is 2. The summed E-state index contributed by atoms with van der Waals surface area (Å²) in [4.78, 5) is 38.8. The smallest absolute Gasteiger partial charge is 0.325 e. The van der Waals surface area contributed by atoms with Crippen molar-refractivity contribution < 1.29 is 38.4 Å². The number of benzene rings is 2. The second-order valence-electron chi connectivity index (χ2n) is 12.6. The zero-order chi connectivity index (χ0) is 32.6. The fourth-order valence-corrected chi connectivity index (χ4v) is 5.64. The molecule has 11 heteroatoms. The molecule has 11 nitrogen and oxygen atoms in total. The molecule has 0 radical (unpaired) electrons. The number of aliphatic hydroxyl groups is 1. The summed E-state index contributed by atoms with van der Waals surface area (Å²) in [5.74, 6) is -0.728. The van der Waals surface area contributed by atoms with Crippen LogP contribution in [0.15, 0.2) is 48.5 Å². The second-order valence-corrected chi connectivity index (χ2v) is 12.6. The predicted octanol–water partition coefficient (Wildman–Crippen LogP) is 4.14. The first-order valence-electron chi connectivity index (χ1n) is 15.7. The minimum absolute atomic E-state index is 0.0299. The van der Waals surface area contributed by atoms with Gasteiger partial charge in [0.05, 0.1) is 25.4 Å². The molecule has 2 fully saturated rings. The summed E-state index contributed by atoms with van der Waals surface area (Å²) in [6, 6.07) is 14.6. The summed E-state index contributed by atoms with van der Waals surface area (Å²) in [7, 11) is 0. The molecule has 0 bridgehead atoms. The van der Waals surface area contributed by atoms with Crippen LogP contribution in [0, 0.1) is 5.92 Å². The third kappa shape index (κ3) is 9.74. The van der Waals surface area contributed by atoms with Crippen LogP contribution in [-0.4, -0.2) is 72.0 Å². The molecule has 5 atom stereocenters. The Hall–Kier alpha value is -3.51. The molecule has 0 aromatic heterocycles. The highest BCUT2D eigenvalue weighted by molar-refractivity contribution is 5.80. The first-order valence-corrected chi connectivity index (χ1v) is 15.7. The Morgan fingerprint density at radius 1 is 0.978 bits per heavy atom. The number of hydrogen-bond acceptors (Lipinski definition) is 9. The summed E-state index contributed by atoms with van der Waals surface area (Å²) < 4.78 is 23.7. The minimum Gasteiger partial charge on any atom is -0.465 e. The van der Waals surface area contributed by atoms with Gasteiger partial charge in [0.25, 0.3) is 0 Å². The lowest BCUT2D eigenvalue weighted by molar-refractivity contribution is -0.276. The molecule has 0 unspecified atom stereocenters. The number of esters is 2. The van der Waals surface area contributed by atoms with Crippen LogP contribution in [0.1, 0.15) is 82.1 Å². The average molecular weight is 626 g/mol. The van der Waals surface area contributed by atoms with Gasteiger partial charge in [-0.05, 0) is 63.8 Å². The molecule has 0 spiro atoms. The first-order chi connectivity index (χ1) is 21.5. The van der Waals surface area contributed by atoms with Crippen molar-refractivity contribution in [1.82, 2.24) is 15.5 Å². The van der Waals surface area contributed by atoms with Gasteiger partial charge >= 0.3 is 18.0 Å². The summed E-state index contributed by atoms with van der Waals surface area (Å²) in [6.45, 7) is 11.1. The average Bonchev–Trinajstić information content (AvgIpc) is 3.48. The number of aliphatic hydroxyl groups excluding tert-OH is 1. The third-order valence-corrected chi connectivity index (χ3v) is 7.98. The zero-order valence-corrected chi connectivity index (χ0v) is 26.9. The van der Waals surface area contributed by atoms with Crippen molar-refractivity contribution in [3.63, 3.8) is 0 Å². The molecule has 2 aromatic carbocycles. The zero-order valence-electron chi connectivity index (χ0n) is 26.9. The molecule has 2 aliphatic heterocycles. The standard InChI is InChI=1S/C34H47N3O8/c1-6-42-29(39)19-36-33(41)35-18-23-9-15-26(16-10-23)32-43-28(20-37-17-7-8-27(37)31(40)45-34(3,4)5)22(2)30(44-32)25-13-11-24(21-38)12-14-25/h9-16,22,27-28,30,32,38H,6-8,17-21H2,1-5H3,(H2,35,36,41)/t22-,27-,28+,30+,32+/m0/s1. The van der Waals surface area contributed by atoms with Crippen molar-refractivity contribution in [3.8, 4) is 0 Å². The molecule has 2 aliphatic rings. The molecule has 2 aromatic rings. The van der Waals surface area contributed by atoms with E-state index in [0.717, 1.165) is 41.6 Å². The van der Waals surface area contributed by atoms with E-state index in [4.69, 9.17) is 18.9 Å². The van der Waals surface area contributed by atoms with Gasteiger partial charge in [0.1, 0.15) is 18.2 Å². The monoisotopic (exact) mass is 625 g/mol. The second kappa shape index (κ2) is 15.7. The van der Waals surface area contributed by atoms with Crippen molar-refractivity contribution in [2.24, 2.45) is 5.92 Å². The Labute approximate surface area is 265 Å². The van der Waals surface area contributed by atoms with E-state index in [1.807, 2.05) is 69.3 Å². The van der Waals surface area contributed by atoms with E-state index < -0.39 is 23.9 Å². The number of ether oxygens (including phenoxy) is 4. The van der Waals surface area contributed by atoms with Gasteiger partial charge in [-0.1, -0.05) is 55.5 Å². The van der Waals surface area contributed by atoms with Crippen molar-refractivity contribution in [2.75, 3.05) is 26.2 Å². The molecule has 0 saturated carbocycles. The van der Waals surface area contributed by atoms with Gasteiger partial charge in [0.15, 0.2) is 6.29 Å². The number of carbonyl (C=O) groups is 3. The SMILES string of the molecule is CCOC(=O)CNC(=O)NCc1ccc([C@@H]2O[C@H](CN3CCC[C@H]3C(=O)OC(C)(C)C)[C@H](C)[C@H](c3ccc(CO)cc3)O2)cc1. The summed E-state index contributed by atoms with van der Waals surface area (Å²) in [5.41, 5.74) is 2.93. The number of nitrogens with one attached hydrogen (secondary N) is 2. The molecule has 2 amide bonds. The fraction of sp³-hybridized carbons (Fsp3) is 0.559. The van der Waals surface area contributed by atoms with E-state index in [1.54, 1.807) is 6.92 Å². The Kier molecular flexibility index (Phi) is 12.0. The van der Waals surface area contributed by atoms with Crippen LogP contribution in [0.5, 0.6) is 0 Å². The predicted molar refractivity (Wildman–Crippen MR) is 167 cm³/mol. The highest BCUT2D eigenvalue weighted by Gasteiger charge is 2.42. The van der Waals surface area contributed by atoms with Crippen LogP contribution in [-0.2, 0) is 41.7 Å². The lowest BCUT2D eigenvalue weighted by Gasteiger charge is -2.43. The van der Waals surface area contributed by atoms with Gasteiger partial charge in [-0.25, -0.2) is 4.79 Å². The lowest BCUT2D eigenvalue weighted by Crippen LogP contribution is -2.48. The van der Waals surface area contributed by atoms with Crippen molar-refractivity contribution in [3.05, 3.63) is 70.8 Å². The van der Waals surface area contributed by atoms with Crippen molar-refractivity contribution in [1.29, 1.82) is 0 Å². The van der Waals surface area contributed by atoms with E-state index in [9.17, 15) is 19.5 Å². The molecular formula is C34H47N3O8. The Morgan fingerprint density at radius 3 is 2.29 bits per heavy atom. The number of carbonyl (C=O) groups excluding carboxylic acids is 3. The molecular weight excluding hydrogens is 578 g/mol. The minimum atomic E-state index is -0.661. The highest BCUT2D eigenvalue weighted by Crippen LogP contribution is 2.42. The maximum Gasteiger partial charge on any atom is 0.325 e. The maximum atomic E-state index is 13.0. The fourth-order valence-electron chi connectivity index (χ4n) is 5.64. The summed E-state index contributed by atoms with van der Waals surface area (Å²) in [5, 5.41) is 14.8. The number of urea groups is 1. The summed E-state index contributed by atoms with van der Waals surface area (Å²) in [6.07, 6.45) is 0.476. The van der Waals surface area contributed by atoms with Crippen LogP contribution >= 0.6 is 0 Å². The molecule has 4 rings (SSSR count). The normalized spacial score (nSPS) is 23.7. The molecule has 0 aliphatic carbocycles. The van der Waals surface area contributed by atoms with E-state index in [2.05, 4.69) is 22.5 Å². The Morgan fingerprint density at radius 2 is 1.64 bits per heavy atom. The van der Waals surface area contributed by atoms with Crippen LogP contribution in [0.2, 0.25) is 0 Å². The first kappa shape index (κ1) is 34.4. The molecule has 246 valence electrons. The van der Waals surface area contributed by atoms with Gasteiger partial charge < -0.3 is 34.7 Å². The third-order valence-electron chi connectivity index (χ3n) is 7.98. The topological polar surface area (TPSA) is 136 Å². The van der Waals surface area contributed by atoms with E-state index >= 15 is 0 Å². The molecule has 2 heterocycles. The van der Waals surface area contributed by atoms with Crippen LogP contribution in [0.4, 0.5) is 4.79 Å². The number of nitrogens with zero attached hydrogens (tertiary/aromatic N) is 1. The number of rotatable bonds is 11. The van der Waals surface area contributed by atoms with E-state index in [0.29, 0.717) is 6.54 Å². The van der Waals surface area contributed by atoms with Crippen molar-refractivity contribution in [2.45, 2.75) is 90.8 Å². The van der Waals surface area contributed by atoms with Gasteiger partial charge in [-0.2, -0.15) is 0 Å². The van der Waals surface area contributed by atoms with E-state index in [-0.39, 0.29) is 56.4 Å². The van der Waals surface area contributed by atoms with Gasteiger partial charge in [-0.3, -0.25) is 14.5 Å². The van der Waals surface area contributed by atoms with Crippen molar-refractivity contribution >= 4 is 18.0 Å². The van der Waals surface area contributed by atoms with Crippen LogP contribution in [0.3, 0.4) is 0 Å². The molecule has 2 saturated heterocycles. The van der Waals surface area contributed by atoms with Gasteiger partial charge in [0.2, 0.25) is 0 Å². The Bertz CT molecular complexity index is 1280. The lowest BCUT2D eigenvalue weighted by atomic mass is 9.90. The number of hydrogen-bond donors (Lipinski definition) is 3. The van der Waals surface area contributed by atoms with E-state index in [1.165, 1.54) is 0 Å². The Balaban J connectivity index is 1.47. The molecule has 3 N–H and O–H groups in total. The van der Waals surface area contributed by atoms with Crippen LogP contribution in [0.25, 0.3) is 0 Å². The highest BCUT2D eigenvalue weighted by atomic mass is 16.7. The number of likely N-dealkylation sites (tertiary alicyclic amines) is 1. The van der Waals surface area contributed by atoms with Crippen LogP contribution < -0.4 is 10.6 Å². The maximum absolute atomic E-state index is 13.0.